The van der Waals surface area contributed by atoms with Crippen molar-refractivity contribution in [2.75, 3.05) is 33.4 Å². The van der Waals surface area contributed by atoms with Gasteiger partial charge in [0.1, 0.15) is 0 Å². The minimum Gasteiger partial charge on any atom is -0.400 e. The molecule has 1 amide bonds. The van der Waals surface area contributed by atoms with Crippen molar-refractivity contribution >= 4 is 5.91 Å². The largest absolute Gasteiger partial charge is 0.400 e. The van der Waals surface area contributed by atoms with Crippen LogP contribution in [0.5, 0.6) is 0 Å². The van der Waals surface area contributed by atoms with Gasteiger partial charge in [0.15, 0.2) is 6.29 Å². The summed E-state index contributed by atoms with van der Waals surface area (Å²) in [7, 11) is 1.00. The monoisotopic (exact) mass is 588 g/mol. The van der Waals surface area contributed by atoms with E-state index in [4.69, 9.17) is 25.1 Å². The normalized spacial score (nSPS) is 52.6. The molecule has 7 rings (SSSR count). The van der Waals surface area contributed by atoms with Crippen LogP contribution >= 0.6 is 0 Å². The van der Waals surface area contributed by atoms with Crippen molar-refractivity contribution in [3.8, 4) is 0 Å². The highest BCUT2D eigenvalue weighted by molar-refractivity contribution is 5.78. The number of fused-ring (bicyclic) bond motifs is 4. The van der Waals surface area contributed by atoms with Crippen molar-refractivity contribution in [2.45, 2.75) is 118 Å². The van der Waals surface area contributed by atoms with Crippen LogP contribution in [0.2, 0.25) is 0 Å². The van der Waals surface area contributed by atoms with E-state index in [9.17, 15) is 4.79 Å². The van der Waals surface area contributed by atoms with Crippen molar-refractivity contribution in [3.63, 3.8) is 0 Å². The van der Waals surface area contributed by atoms with Crippen LogP contribution in [-0.4, -0.2) is 73.9 Å². The van der Waals surface area contributed by atoms with Crippen molar-refractivity contribution in [2.24, 2.45) is 69.3 Å². The van der Waals surface area contributed by atoms with Crippen LogP contribution < -0.4 is 5.73 Å². The molecule has 0 aromatic carbocycles. The van der Waals surface area contributed by atoms with Gasteiger partial charge >= 0.3 is 0 Å². The third-order valence-corrected chi connectivity index (χ3v) is 14.6. The van der Waals surface area contributed by atoms with Gasteiger partial charge in [-0.05, 0) is 109 Å². The molecule has 5 unspecified atom stereocenters. The first-order valence-electron chi connectivity index (χ1n) is 17.4. The van der Waals surface area contributed by atoms with Gasteiger partial charge in [-0.2, -0.15) is 0 Å². The molecular formula is C35H60N2O5. The molecule has 2 aliphatic heterocycles. The van der Waals surface area contributed by atoms with Crippen LogP contribution in [0.3, 0.4) is 0 Å². The Balaban J connectivity index is 0.00000155. The molecule has 7 fully saturated rings. The van der Waals surface area contributed by atoms with Gasteiger partial charge in [-0.3, -0.25) is 4.79 Å². The fourth-order valence-corrected chi connectivity index (χ4v) is 13.2. The lowest BCUT2D eigenvalue weighted by Crippen LogP contribution is -2.53. The van der Waals surface area contributed by atoms with Crippen molar-refractivity contribution < 1.29 is 24.1 Å². The molecule has 0 aromatic heterocycles. The Morgan fingerprint density at radius 3 is 2.45 bits per heavy atom. The minimum atomic E-state index is -0.281. The van der Waals surface area contributed by atoms with E-state index >= 15 is 0 Å². The van der Waals surface area contributed by atoms with E-state index in [1.807, 2.05) is 18.7 Å². The molecule has 7 nitrogen and oxygen atoms in total. The molecule has 3 N–H and O–H groups in total. The van der Waals surface area contributed by atoms with Gasteiger partial charge in [-0.15, -0.1) is 0 Å². The zero-order valence-corrected chi connectivity index (χ0v) is 27.5. The Hall–Kier alpha value is -0.730. The molecule has 0 radical (unpaired) electrons. The first-order valence-corrected chi connectivity index (χ1v) is 17.4. The molecule has 5 aliphatic carbocycles. The summed E-state index contributed by atoms with van der Waals surface area (Å²) in [5.41, 5.74) is 7.57. The smallest absolute Gasteiger partial charge is 0.225 e. The molecule has 0 bridgehead atoms. The van der Waals surface area contributed by atoms with Crippen LogP contribution in [0.25, 0.3) is 0 Å². The molecular weight excluding hydrogens is 528 g/mol. The van der Waals surface area contributed by atoms with Crippen LogP contribution in [0.1, 0.15) is 92.9 Å². The summed E-state index contributed by atoms with van der Waals surface area (Å²) >= 11 is 0. The van der Waals surface area contributed by atoms with Gasteiger partial charge in [-0.1, -0.05) is 41.5 Å². The lowest BCUT2D eigenvalue weighted by molar-refractivity contribution is -0.227. The van der Waals surface area contributed by atoms with Crippen molar-refractivity contribution in [1.82, 2.24) is 4.90 Å². The molecule has 0 aromatic rings. The highest BCUT2D eigenvalue weighted by Crippen LogP contribution is 2.88. The van der Waals surface area contributed by atoms with E-state index in [2.05, 4.69) is 27.7 Å². The Kier molecular flexibility index (Phi) is 8.38. The second kappa shape index (κ2) is 11.3. The fourth-order valence-electron chi connectivity index (χ4n) is 13.2. The van der Waals surface area contributed by atoms with Crippen LogP contribution in [0, 0.1) is 63.6 Å². The standard InChI is InChI=1S/C34H56N2O4.CH4O/c1-19(2)31(37)36-13-14-38-29(18-36)40-27-9-10-33-22(5)34(33)12-11-32(6)26(25(34)8-7-24(33)21(27)4)16-28-30(32)20(3)15-23(17-35)39-28;1-2/h19-30H,7-18,35H2,1-6H3;2H,1H3/t20-,21?,22?,23-,24+,25+,26?,27+,28-,29?,30?,32+,33-,34+;/m1./s1. The number of nitrogens with two attached hydrogens (primary N) is 1. The third-order valence-electron chi connectivity index (χ3n) is 14.6. The average Bonchev–Trinajstić information content (AvgIpc) is 3.35. The summed E-state index contributed by atoms with van der Waals surface area (Å²) < 4.78 is 19.5. The summed E-state index contributed by atoms with van der Waals surface area (Å²) in [5.74, 6) is 5.46. The number of amides is 1. The number of carbonyl (C=O) groups excluding carboxylic acids is 1. The Morgan fingerprint density at radius 1 is 1.02 bits per heavy atom. The van der Waals surface area contributed by atoms with Crippen LogP contribution in [0.15, 0.2) is 0 Å². The third kappa shape index (κ3) is 4.25. The molecule has 2 spiro atoms. The number of carbonyl (C=O) groups is 1. The highest BCUT2D eigenvalue weighted by atomic mass is 16.7. The molecule has 5 saturated carbocycles. The molecule has 7 aliphatic rings. The lowest BCUT2D eigenvalue weighted by Gasteiger charge is -2.57. The summed E-state index contributed by atoms with van der Waals surface area (Å²) in [6.45, 7) is 16.7. The first-order chi connectivity index (χ1) is 20.1. The number of morpholine rings is 1. The summed E-state index contributed by atoms with van der Waals surface area (Å²) in [6.07, 6.45) is 11.1. The summed E-state index contributed by atoms with van der Waals surface area (Å²) in [4.78, 5) is 14.6. The molecule has 2 heterocycles. The Labute approximate surface area is 255 Å². The summed E-state index contributed by atoms with van der Waals surface area (Å²) in [6, 6.07) is 0. The van der Waals surface area contributed by atoms with Crippen molar-refractivity contribution in [1.29, 1.82) is 0 Å². The number of nitrogens with zero attached hydrogens (tertiary/aromatic N) is 1. The highest BCUT2D eigenvalue weighted by Gasteiger charge is 2.83. The van der Waals surface area contributed by atoms with Crippen LogP contribution in [0.4, 0.5) is 0 Å². The Bertz CT molecular complexity index is 1010. The SMILES string of the molecule is CC(C)C(=O)N1CCOC(O[C@H]2CC[C@]34C(C)[C@]35CC[C@]3(C)C6[C@H](C)C[C@H](CN)O[C@@H]6CC3[C@@H]5CC[C@H]4C2C)C1.CO. The molecule has 7 heteroatoms. The topological polar surface area (TPSA) is 94.3 Å². The van der Waals surface area contributed by atoms with E-state index in [0.29, 0.717) is 60.4 Å². The van der Waals surface area contributed by atoms with E-state index in [-0.39, 0.29) is 30.3 Å². The van der Waals surface area contributed by atoms with Gasteiger partial charge < -0.3 is 30.0 Å². The first kappa shape index (κ1) is 31.3. The van der Waals surface area contributed by atoms with Gasteiger partial charge in [0.05, 0.1) is 31.5 Å². The van der Waals surface area contributed by atoms with Crippen molar-refractivity contribution in [3.05, 3.63) is 0 Å². The maximum absolute atomic E-state index is 12.6. The molecule has 14 atom stereocenters. The number of hydrogen-bond donors (Lipinski definition) is 2. The van der Waals surface area contributed by atoms with Gasteiger partial charge in [0.2, 0.25) is 5.91 Å². The van der Waals surface area contributed by atoms with Crippen LogP contribution in [-0.2, 0) is 19.0 Å². The summed E-state index contributed by atoms with van der Waals surface area (Å²) in [5, 5.41) is 7.00. The van der Waals surface area contributed by atoms with Gasteiger partial charge in [0.25, 0.3) is 0 Å². The predicted molar refractivity (Wildman–Crippen MR) is 163 cm³/mol. The maximum atomic E-state index is 12.6. The fraction of sp³-hybridized carbons (Fsp3) is 0.971. The second-order valence-corrected chi connectivity index (χ2v) is 16.0. The molecule has 240 valence electrons. The van der Waals surface area contributed by atoms with E-state index < -0.39 is 0 Å². The van der Waals surface area contributed by atoms with E-state index in [1.165, 1.54) is 38.5 Å². The second-order valence-electron chi connectivity index (χ2n) is 16.0. The molecule has 42 heavy (non-hydrogen) atoms. The quantitative estimate of drug-likeness (QED) is 0.475. The zero-order chi connectivity index (χ0) is 30.2. The molecule has 2 saturated heterocycles. The van der Waals surface area contributed by atoms with E-state index in [0.717, 1.165) is 49.5 Å². The Morgan fingerprint density at radius 2 is 1.74 bits per heavy atom. The number of aliphatic hydroxyl groups is 1. The lowest BCUT2D eigenvalue weighted by atomic mass is 9.48. The zero-order valence-electron chi connectivity index (χ0n) is 27.5. The number of aliphatic hydroxyl groups excluding tert-OH is 1. The number of ether oxygens (including phenoxy) is 3. The number of rotatable bonds is 4. The minimum absolute atomic E-state index is 0.0213. The van der Waals surface area contributed by atoms with Gasteiger partial charge in [0, 0.05) is 26.1 Å². The van der Waals surface area contributed by atoms with E-state index in [1.54, 1.807) is 0 Å². The average molecular weight is 589 g/mol. The number of hydrogen-bond acceptors (Lipinski definition) is 6. The predicted octanol–water partition coefficient (Wildman–Crippen LogP) is 5.09. The maximum Gasteiger partial charge on any atom is 0.225 e. The van der Waals surface area contributed by atoms with Gasteiger partial charge in [-0.25, -0.2) is 0 Å².